The molecule has 2 fully saturated rings. The van der Waals surface area contributed by atoms with E-state index in [1.54, 1.807) is 0 Å². The van der Waals surface area contributed by atoms with Gasteiger partial charge in [0.2, 0.25) is 5.91 Å². The van der Waals surface area contributed by atoms with E-state index in [0.717, 1.165) is 26.1 Å². The summed E-state index contributed by atoms with van der Waals surface area (Å²) in [7, 11) is 1.99. The van der Waals surface area contributed by atoms with Gasteiger partial charge in [0.05, 0.1) is 0 Å². The number of amides is 1. The van der Waals surface area contributed by atoms with Gasteiger partial charge in [0.15, 0.2) is 0 Å². The quantitative estimate of drug-likeness (QED) is 0.788. The van der Waals surface area contributed by atoms with Crippen LogP contribution in [0, 0.1) is 17.3 Å². The topological polar surface area (TPSA) is 32.3 Å². The Balaban J connectivity index is 1.87. The molecule has 2 rings (SSSR count). The SMILES string of the molecule is CNCC1CCCN(C(=O)C2CC2(C)C)C1. The summed E-state index contributed by atoms with van der Waals surface area (Å²) in [6.45, 7) is 7.38. The fraction of sp³-hybridized carbons (Fsp3) is 0.923. The molecule has 3 nitrogen and oxygen atoms in total. The van der Waals surface area contributed by atoms with Crippen molar-refractivity contribution < 1.29 is 4.79 Å². The van der Waals surface area contributed by atoms with E-state index in [9.17, 15) is 4.79 Å². The first kappa shape index (κ1) is 11.9. The molecule has 1 N–H and O–H groups in total. The molecule has 1 saturated heterocycles. The molecule has 0 radical (unpaired) electrons. The maximum absolute atomic E-state index is 12.2. The molecule has 1 heterocycles. The predicted octanol–water partition coefficient (Wildman–Crippen LogP) is 1.49. The van der Waals surface area contributed by atoms with E-state index in [-0.39, 0.29) is 5.41 Å². The summed E-state index contributed by atoms with van der Waals surface area (Å²) in [4.78, 5) is 14.3. The van der Waals surface area contributed by atoms with E-state index in [0.29, 0.717) is 17.7 Å². The second-order valence-corrected chi connectivity index (χ2v) is 6.10. The first-order chi connectivity index (χ1) is 7.54. The highest BCUT2D eigenvalue weighted by atomic mass is 16.2. The third kappa shape index (κ3) is 2.40. The Morgan fingerprint density at radius 3 is 2.75 bits per heavy atom. The van der Waals surface area contributed by atoms with Crippen molar-refractivity contribution in [2.24, 2.45) is 17.3 Å². The molecule has 2 atom stereocenters. The largest absolute Gasteiger partial charge is 0.342 e. The van der Waals surface area contributed by atoms with Crippen molar-refractivity contribution in [3.05, 3.63) is 0 Å². The summed E-state index contributed by atoms with van der Waals surface area (Å²) in [5.41, 5.74) is 0.271. The van der Waals surface area contributed by atoms with Gasteiger partial charge in [0, 0.05) is 19.0 Å². The zero-order valence-electron chi connectivity index (χ0n) is 10.8. The first-order valence-corrected chi connectivity index (χ1v) is 6.48. The van der Waals surface area contributed by atoms with Crippen LogP contribution in [0.1, 0.15) is 33.1 Å². The lowest BCUT2D eigenvalue weighted by molar-refractivity contribution is -0.135. The van der Waals surface area contributed by atoms with Gasteiger partial charge >= 0.3 is 0 Å². The molecule has 2 unspecified atom stereocenters. The van der Waals surface area contributed by atoms with Gasteiger partial charge in [-0.25, -0.2) is 0 Å². The highest BCUT2D eigenvalue weighted by Gasteiger charge is 2.52. The molecule has 0 bridgehead atoms. The van der Waals surface area contributed by atoms with Crippen LogP contribution in [0.4, 0.5) is 0 Å². The van der Waals surface area contributed by atoms with E-state index in [2.05, 4.69) is 24.1 Å². The number of nitrogens with zero attached hydrogens (tertiary/aromatic N) is 1. The van der Waals surface area contributed by atoms with E-state index < -0.39 is 0 Å². The lowest BCUT2D eigenvalue weighted by Gasteiger charge is -2.33. The van der Waals surface area contributed by atoms with Crippen LogP contribution in [0.15, 0.2) is 0 Å². The van der Waals surface area contributed by atoms with E-state index in [4.69, 9.17) is 0 Å². The second-order valence-electron chi connectivity index (χ2n) is 6.10. The molecule has 2 aliphatic rings. The number of hydrogen-bond donors (Lipinski definition) is 1. The summed E-state index contributed by atoms with van der Waals surface area (Å²) in [5.74, 6) is 1.37. The second kappa shape index (κ2) is 4.36. The Morgan fingerprint density at radius 1 is 1.50 bits per heavy atom. The van der Waals surface area contributed by atoms with Crippen LogP contribution in [0.2, 0.25) is 0 Å². The average Bonchev–Trinajstić information content (AvgIpc) is 2.88. The lowest BCUT2D eigenvalue weighted by atomic mass is 9.97. The molecule has 0 aromatic carbocycles. The van der Waals surface area contributed by atoms with Crippen molar-refractivity contribution in [2.45, 2.75) is 33.1 Å². The highest BCUT2D eigenvalue weighted by molar-refractivity contribution is 5.82. The third-order valence-corrected chi connectivity index (χ3v) is 4.13. The monoisotopic (exact) mass is 224 g/mol. The van der Waals surface area contributed by atoms with Gasteiger partial charge in [0.1, 0.15) is 0 Å². The number of carbonyl (C=O) groups is 1. The highest BCUT2D eigenvalue weighted by Crippen LogP contribution is 2.52. The standard InChI is InChI=1S/C13H24N2O/c1-13(2)7-11(13)12(16)15-6-4-5-10(9-15)8-14-3/h10-11,14H,4-9H2,1-3H3. The number of nitrogens with one attached hydrogen (secondary N) is 1. The molecule has 0 aromatic heterocycles. The molecule has 1 aliphatic carbocycles. The van der Waals surface area contributed by atoms with Gasteiger partial charge < -0.3 is 10.2 Å². The lowest BCUT2D eigenvalue weighted by Crippen LogP contribution is -2.43. The van der Waals surface area contributed by atoms with E-state index in [1.165, 1.54) is 12.8 Å². The molecular formula is C13H24N2O. The summed E-state index contributed by atoms with van der Waals surface area (Å²) in [5, 5.41) is 3.22. The zero-order chi connectivity index (χ0) is 11.8. The van der Waals surface area contributed by atoms with Gasteiger partial charge in [0.25, 0.3) is 0 Å². The Kier molecular flexibility index (Phi) is 3.24. The third-order valence-electron chi connectivity index (χ3n) is 4.13. The normalized spacial score (nSPS) is 32.6. The zero-order valence-corrected chi connectivity index (χ0v) is 10.8. The van der Waals surface area contributed by atoms with Crippen molar-refractivity contribution in [3.8, 4) is 0 Å². The first-order valence-electron chi connectivity index (χ1n) is 6.48. The van der Waals surface area contributed by atoms with Gasteiger partial charge in [-0.05, 0) is 44.2 Å². The summed E-state index contributed by atoms with van der Waals surface area (Å²) < 4.78 is 0. The van der Waals surface area contributed by atoms with Gasteiger partial charge in [-0.1, -0.05) is 13.8 Å². The number of likely N-dealkylation sites (tertiary alicyclic amines) is 1. The fourth-order valence-corrected chi connectivity index (χ4v) is 2.83. The van der Waals surface area contributed by atoms with Gasteiger partial charge in [-0.15, -0.1) is 0 Å². The molecule has 1 amide bonds. The van der Waals surface area contributed by atoms with Crippen molar-refractivity contribution in [3.63, 3.8) is 0 Å². The smallest absolute Gasteiger partial charge is 0.226 e. The molecule has 0 aromatic rings. The fourth-order valence-electron chi connectivity index (χ4n) is 2.83. The Labute approximate surface area is 98.6 Å². The van der Waals surface area contributed by atoms with Crippen LogP contribution in [-0.4, -0.2) is 37.5 Å². The number of rotatable bonds is 3. The summed E-state index contributed by atoms with van der Waals surface area (Å²) >= 11 is 0. The molecule has 16 heavy (non-hydrogen) atoms. The predicted molar refractivity (Wildman–Crippen MR) is 65.1 cm³/mol. The van der Waals surface area contributed by atoms with E-state index >= 15 is 0 Å². The van der Waals surface area contributed by atoms with Crippen LogP contribution in [0.25, 0.3) is 0 Å². The van der Waals surface area contributed by atoms with Crippen molar-refractivity contribution in [1.29, 1.82) is 0 Å². The van der Waals surface area contributed by atoms with Crippen LogP contribution in [-0.2, 0) is 4.79 Å². The molecule has 0 spiro atoms. The molecule has 92 valence electrons. The molecule has 1 saturated carbocycles. The maximum Gasteiger partial charge on any atom is 0.226 e. The van der Waals surface area contributed by atoms with Crippen LogP contribution in [0.5, 0.6) is 0 Å². The van der Waals surface area contributed by atoms with Crippen molar-refractivity contribution >= 4 is 5.91 Å². The Hall–Kier alpha value is -0.570. The number of piperidine rings is 1. The Morgan fingerprint density at radius 2 is 2.19 bits per heavy atom. The molecule has 3 heteroatoms. The minimum Gasteiger partial charge on any atom is -0.342 e. The van der Waals surface area contributed by atoms with Crippen LogP contribution in [0.3, 0.4) is 0 Å². The summed E-state index contributed by atoms with van der Waals surface area (Å²) in [6.07, 6.45) is 3.52. The maximum atomic E-state index is 12.2. The molecule has 1 aliphatic heterocycles. The number of carbonyl (C=O) groups excluding carboxylic acids is 1. The minimum atomic E-state index is 0.271. The van der Waals surface area contributed by atoms with Gasteiger partial charge in [-0.2, -0.15) is 0 Å². The van der Waals surface area contributed by atoms with Crippen LogP contribution < -0.4 is 5.32 Å². The minimum absolute atomic E-state index is 0.271. The van der Waals surface area contributed by atoms with Crippen molar-refractivity contribution in [2.75, 3.05) is 26.7 Å². The van der Waals surface area contributed by atoms with Crippen LogP contribution >= 0.6 is 0 Å². The van der Waals surface area contributed by atoms with Crippen molar-refractivity contribution in [1.82, 2.24) is 10.2 Å². The summed E-state index contributed by atoms with van der Waals surface area (Å²) in [6, 6.07) is 0. The number of hydrogen-bond acceptors (Lipinski definition) is 2. The Bertz CT molecular complexity index is 273. The average molecular weight is 224 g/mol. The van der Waals surface area contributed by atoms with E-state index in [1.807, 2.05) is 7.05 Å². The van der Waals surface area contributed by atoms with Gasteiger partial charge in [-0.3, -0.25) is 4.79 Å². The molecular weight excluding hydrogens is 200 g/mol.